The number of carboxylic acids is 1. The minimum atomic E-state index is -0.742. The minimum Gasteiger partial charge on any atom is -0.497 e. The zero-order valence-electron chi connectivity index (χ0n) is 11.0. The Morgan fingerprint density at radius 3 is 2.61 bits per heavy atom. The molecule has 0 aliphatic carbocycles. The molecular weight excluding hydrogens is 296 g/mol. The van der Waals surface area contributed by atoms with E-state index in [0.717, 1.165) is 23.1 Å². The van der Waals surface area contributed by atoms with Gasteiger partial charge in [-0.3, -0.25) is 4.79 Å². The maximum atomic E-state index is 10.8. The first kappa shape index (κ1) is 15.0. The molecular formula is C14H19BrO3. The van der Waals surface area contributed by atoms with E-state index < -0.39 is 5.97 Å². The zero-order chi connectivity index (χ0) is 13.8. The Morgan fingerprint density at radius 1 is 1.44 bits per heavy atom. The summed E-state index contributed by atoms with van der Waals surface area (Å²) in [5, 5.41) is 8.84. The molecule has 0 radical (unpaired) electrons. The molecule has 1 N–H and O–H groups in total. The molecule has 18 heavy (non-hydrogen) atoms. The van der Waals surface area contributed by atoms with E-state index >= 15 is 0 Å². The molecule has 0 saturated heterocycles. The lowest BCUT2D eigenvalue weighted by Gasteiger charge is -2.22. The number of ether oxygens (including phenoxy) is 1. The highest BCUT2D eigenvalue weighted by molar-refractivity contribution is 9.10. The fourth-order valence-electron chi connectivity index (χ4n) is 1.83. The second-order valence-electron chi connectivity index (χ2n) is 5.19. The smallest absolute Gasteiger partial charge is 0.303 e. The summed E-state index contributed by atoms with van der Waals surface area (Å²) in [6, 6.07) is 5.86. The van der Waals surface area contributed by atoms with E-state index in [1.54, 1.807) is 7.11 Å². The van der Waals surface area contributed by atoms with Crippen molar-refractivity contribution >= 4 is 21.9 Å². The Bertz CT molecular complexity index is 427. The molecule has 100 valence electrons. The average Bonchev–Trinajstić information content (AvgIpc) is 2.25. The van der Waals surface area contributed by atoms with Gasteiger partial charge in [0, 0.05) is 4.47 Å². The highest BCUT2D eigenvalue weighted by Gasteiger charge is 2.21. The summed E-state index contributed by atoms with van der Waals surface area (Å²) in [6.07, 6.45) is 1.88. The van der Waals surface area contributed by atoms with Gasteiger partial charge in [0.25, 0.3) is 0 Å². The summed E-state index contributed by atoms with van der Waals surface area (Å²) in [4.78, 5) is 10.8. The topological polar surface area (TPSA) is 46.5 Å². The molecule has 0 saturated carbocycles. The number of aliphatic carboxylic acids is 1. The number of halogens is 1. The highest BCUT2D eigenvalue weighted by Crippen LogP contribution is 2.30. The molecule has 0 bridgehead atoms. The van der Waals surface area contributed by atoms with Gasteiger partial charge in [0.05, 0.1) is 13.5 Å². The van der Waals surface area contributed by atoms with Crippen LogP contribution >= 0.6 is 15.9 Å². The molecule has 0 aliphatic rings. The highest BCUT2D eigenvalue weighted by atomic mass is 79.9. The van der Waals surface area contributed by atoms with E-state index in [0.29, 0.717) is 0 Å². The fraction of sp³-hybridized carbons (Fsp3) is 0.500. The summed E-state index contributed by atoms with van der Waals surface area (Å²) in [7, 11) is 1.64. The van der Waals surface area contributed by atoms with Crippen LogP contribution < -0.4 is 4.74 Å². The van der Waals surface area contributed by atoms with E-state index in [9.17, 15) is 4.79 Å². The summed E-state index contributed by atoms with van der Waals surface area (Å²) < 4.78 is 6.15. The number of carboxylic acid groups (broad SMARTS) is 1. The van der Waals surface area contributed by atoms with Gasteiger partial charge >= 0.3 is 5.97 Å². The van der Waals surface area contributed by atoms with Crippen LogP contribution in [0.5, 0.6) is 5.75 Å². The van der Waals surface area contributed by atoms with Crippen molar-refractivity contribution in [1.29, 1.82) is 0 Å². The molecule has 0 atom stereocenters. The Morgan fingerprint density at radius 2 is 2.11 bits per heavy atom. The molecule has 0 unspecified atom stereocenters. The van der Waals surface area contributed by atoms with Crippen molar-refractivity contribution in [1.82, 2.24) is 0 Å². The largest absolute Gasteiger partial charge is 0.497 e. The predicted molar refractivity (Wildman–Crippen MR) is 75.0 cm³/mol. The van der Waals surface area contributed by atoms with E-state index in [1.807, 2.05) is 32.0 Å². The maximum absolute atomic E-state index is 10.8. The first-order valence-corrected chi connectivity index (χ1v) is 6.67. The Kier molecular flexibility index (Phi) is 5.20. The first-order valence-electron chi connectivity index (χ1n) is 5.88. The maximum Gasteiger partial charge on any atom is 0.303 e. The van der Waals surface area contributed by atoms with Crippen LogP contribution in [0.2, 0.25) is 0 Å². The second kappa shape index (κ2) is 6.23. The number of rotatable bonds is 6. The van der Waals surface area contributed by atoms with Gasteiger partial charge in [-0.25, -0.2) is 0 Å². The molecule has 1 aromatic rings. The van der Waals surface area contributed by atoms with Gasteiger partial charge in [0.1, 0.15) is 5.75 Å². The van der Waals surface area contributed by atoms with Crippen LogP contribution in [0.4, 0.5) is 0 Å². The summed E-state index contributed by atoms with van der Waals surface area (Å²) in [5.74, 6) is 0.0733. The molecule has 0 aliphatic heterocycles. The van der Waals surface area contributed by atoms with Crippen molar-refractivity contribution in [3.63, 3.8) is 0 Å². The van der Waals surface area contributed by atoms with E-state index in [2.05, 4.69) is 15.9 Å². The van der Waals surface area contributed by atoms with Gasteiger partial charge in [-0.2, -0.15) is 0 Å². The molecule has 1 aromatic carbocycles. The average molecular weight is 315 g/mol. The van der Waals surface area contributed by atoms with Gasteiger partial charge in [0.2, 0.25) is 0 Å². The van der Waals surface area contributed by atoms with Crippen LogP contribution in [0.3, 0.4) is 0 Å². The van der Waals surface area contributed by atoms with E-state index in [4.69, 9.17) is 9.84 Å². The number of methoxy groups -OCH3 is 1. The number of aryl methyl sites for hydroxylation is 1. The van der Waals surface area contributed by atoms with Crippen LogP contribution in [0, 0.1) is 5.41 Å². The van der Waals surface area contributed by atoms with Crippen LogP contribution in [-0.2, 0) is 11.2 Å². The summed E-state index contributed by atoms with van der Waals surface area (Å²) in [6.45, 7) is 3.97. The van der Waals surface area contributed by atoms with Crippen LogP contribution in [0.25, 0.3) is 0 Å². The third-order valence-electron chi connectivity index (χ3n) is 2.96. The quantitative estimate of drug-likeness (QED) is 0.866. The van der Waals surface area contributed by atoms with Crippen LogP contribution in [-0.4, -0.2) is 18.2 Å². The number of hydrogen-bond acceptors (Lipinski definition) is 2. The molecule has 0 spiro atoms. The Labute approximate surface area is 116 Å². The molecule has 0 fully saturated rings. The van der Waals surface area contributed by atoms with Gasteiger partial charge in [-0.05, 0) is 36.0 Å². The van der Waals surface area contributed by atoms with Crippen molar-refractivity contribution in [3.05, 3.63) is 28.2 Å². The van der Waals surface area contributed by atoms with Crippen molar-refractivity contribution in [2.24, 2.45) is 5.41 Å². The normalized spacial score (nSPS) is 11.3. The second-order valence-corrected chi connectivity index (χ2v) is 6.05. The number of benzene rings is 1. The number of hydrogen-bond donors (Lipinski definition) is 1. The summed E-state index contributed by atoms with van der Waals surface area (Å²) >= 11 is 3.51. The van der Waals surface area contributed by atoms with Gasteiger partial charge in [-0.15, -0.1) is 0 Å². The Hall–Kier alpha value is -1.03. The Balaban J connectivity index is 2.66. The zero-order valence-corrected chi connectivity index (χ0v) is 12.6. The van der Waals surface area contributed by atoms with Crippen molar-refractivity contribution in [2.75, 3.05) is 7.11 Å². The predicted octanol–water partition coefficient (Wildman–Crippen LogP) is 3.89. The standard InChI is InChI=1S/C14H19BrO3/c1-14(2,9-13(16)17)7-6-10-4-5-11(18-3)8-12(10)15/h4-5,8H,6-7,9H2,1-3H3,(H,16,17). The molecule has 0 aromatic heterocycles. The molecule has 3 nitrogen and oxygen atoms in total. The third-order valence-corrected chi connectivity index (χ3v) is 3.70. The first-order chi connectivity index (χ1) is 8.34. The lowest BCUT2D eigenvalue weighted by Crippen LogP contribution is -2.17. The monoisotopic (exact) mass is 314 g/mol. The van der Waals surface area contributed by atoms with Crippen molar-refractivity contribution < 1.29 is 14.6 Å². The summed E-state index contributed by atoms with van der Waals surface area (Å²) in [5.41, 5.74) is 0.986. The lowest BCUT2D eigenvalue weighted by molar-refractivity contribution is -0.139. The van der Waals surface area contributed by atoms with Crippen molar-refractivity contribution in [3.8, 4) is 5.75 Å². The third kappa shape index (κ3) is 4.69. The molecule has 0 heterocycles. The molecule has 4 heteroatoms. The van der Waals surface area contributed by atoms with E-state index in [-0.39, 0.29) is 11.8 Å². The van der Waals surface area contributed by atoms with Gasteiger partial charge in [0.15, 0.2) is 0 Å². The SMILES string of the molecule is COc1ccc(CCC(C)(C)CC(=O)O)c(Br)c1. The van der Waals surface area contributed by atoms with Crippen LogP contribution in [0.1, 0.15) is 32.3 Å². The van der Waals surface area contributed by atoms with Crippen molar-refractivity contribution in [2.45, 2.75) is 33.1 Å². The fourth-order valence-corrected chi connectivity index (χ4v) is 2.38. The number of carbonyl (C=O) groups is 1. The lowest BCUT2D eigenvalue weighted by atomic mass is 9.83. The van der Waals surface area contributed by atoms with Gasteiger partial charge < -0.3 is 9.84 Å². The minimum absolute atomic E-state index is 0.189. The van der Waals surface area contributed by atoms with Crippen LogP contribution in [0.15, 0.2) is 22.7 Å². The van der Waals surface area contributed by atoms with Gasteiger partial charge in [-0.1, -0.05) is 35.8 Å². The molecule has 1 rings (SSSR count). The van der Waals surface area contributed by atoms with E-state index in [1.165, 1.54) is 5.56 Å². The molecule has 0 amide bonds.